The van der Waals surface area contributed by atoms with Crippen LogP contribution in [0.3, 0.4) is 0 Å². The van der Waals surface area contributed by atoms with Crippen LogP contribution in [0.1, 0.15) is 27.8 Å². The summed E-state index contributed by atoms with van der Waals surface area (Å²) in [6.45, 7) is 10.6. The number of aromatic nitrogens is 2. The number of nitrogens with zero attached hydrogens (tertiary/aromatic N) is 2. The Hall–Kier alpha value is -6.91. The van der Waals surface area contributed by atoms with Crippen molar-refractivity contribution in [3.05, 3.63) is 204 Å². The number of rotatable bonds is 5. The number of benzene rings is 7. The van der Waals surface area contributed by atoms with Gasteiger partial charge in [-0.25, -0.2) is 0 Å². The molecule has 11 aromatic rings. The zero-order chi connectivity index (χ0) is 41.6. The molecular weight excluding hydrogens is 937 g/mol. The summed E-state index contributed by atoms with van der Waals surface area (Å²) in [5.74, 6) is 0. The molecule has 0 N–H and O–H groups in total. The third-order valence-electron chi connectivity index (χ3n) is 11.8. The average Bonchev–Trinajstić information content (AvgIpc) is 3.86. The molecule has 0 unspecified atom stereocenters. The Morgan fingerprint density at radius 2 is 1.08 bits per heavy atom. The molecule has 4 nitrogen and oxygen atoms in total. The van der Waals surface area contributed by atoms with E-state index in [2.05, 4.69) is 178 Å². The third kappa shape index (κ3) is 7.55. The molecule has 0 amide bonds. The van der Waals surface area contributed by atoms with E-state index in [1.807, 2.05) is 42.7 Å². The first kappa shape index (κ1) is 40.5. The molecule has 0 bridgehead atoms. The summed E-state index contributed by atoms with van der Waals surface area (Å²) in [6.07, 6.45) is 3.78. The SMILES string of the molecule is Cc1c[c-]c(-c2cc(C)c(C)cn2)cc1.Cc1ccccc1-c1ccc2oc3c(cc(-c4ccnc(-c5[c-]cccc5)c4)c4oc5ccc(-c6ccccc6C)cc5c43)c2c1.[Ir]. The second kappa shape index (κ2) is 16.9. The van der Waals surface area contributed by atoms with E-state index in [0.29, 0.717) is 0 Å². The topological polar surface area (TPSA) is 52.1 Å². The van der Waals surface area contributed by atoms with Gasteiger partial charge in [0.2, 0.25) is 0 Å². The quantitative estimate of drug-likeness (QED) is 0.161. The molecule has 4 heterocycles. The van der Waals surface area contributed by atoms with Crippen molar-refractivity contribution in [3.63, 3.8) is 0 Å². The molecular formula is C57H42IrN2O2-2. The van der Waals surface area contributed by atoms with Gasteiger partial charge < -0.3 is 18.8 Å². The number of fused-ring (bicyclic) bond motifs is 7. The maximum absolute atomic E-state index is 6.73. The minimum Gasteiger partial charge on any atom is -0.455 e. The van der Waals surface area contributed by atoms with E-state index in [1.54, 1.807) is 0 Å². The monoisotopic (exact) mass is 979 g/mol. The van der Waals surface area contributed by atoms with E-state index < -0.39 is 0 Å². The minimum atomic E-state index is 0. The first-order valence-corrected chi connectivity index (χ1v) is 20.6. The summed E-state index contributed by atoms with van der Waals surface area (Å²) >= 11 is 0. The fourth-order valence-corrected chi connectivity index (χ4v) is 8.24. The van der Waals surface area contributed by atoms with Crippen LogP contribution in [-0.2, 0) is 20.1 Å². The van der Waals surface area contributed by atoms with Crippen LogP contribution in [0.4, 0.5) is 0 Å². The van der Waals surface area contributed by atoms with Gasteiger partial charge >= 0.3 is 0 Å². The van der Waals surface area contributed by atoms with Crippen molar-refractivity contribution in [3.8, 4) is 55.9 Å². The standard InChI is InChI=1S/C43H28NO2.C14H14N.Ir/c1-26-10-6-8-14-32(26)29-16-18-39-35(22-29)36-25-34(31-20-21-44-38(24-31)28-12-4-3-5-13-28)42-41(43(36)45-39)37-23-30(17-19-40(37)46-42)33-15-9-7-11-27(33)2;1-10-4-6-13(7-5-10)14-8-11(2)12(3)9-15-14;/h3-12,14-25H,1-2H3;4-6,8-9H,1-3H3;/q2*-1;. The normalized spacial score (nSPS) is 11.2. The first-order chi connectivity index (χ1) is 29.8. The summed E-state index contributed by atoms with van der Waals surface area (Å²) in [5.41, 5.74) is 20.1. The van der Waals surface area contributed by atoms with E-state index in [-0.39, 0.29) is 20.1 Å². The maximum atomic E-state index is 6.73. The Balaban J connectivity index is 0.000000260. The fraction of sp³-hybridized carbons (Fsp3) is 0.0877. The largest absolute Gasteiger partial charge is 0.455 e. The Kier molecular flexibility index (Phi) is 11.0. The van der Waals surface area contributed by atoms with E-state index in [4.69, 9.17) is 8.83 Å². The second-order valence-corrected chi connectivity index (χ2v) is 15.9. The number of hydrogen-bond donors (Lipinski definition) is 0. The number of hydrogen-bond acceptors (Lipinski definition) is 4. The van der Waals surface area contributed by atoms with Crippen molar-refractivity contribution in [2.45, 2.75) is 34.6 Å². The predicted molar refractivity (Wildman–Crippen MR) is 252 cm³/mol. The Labute approximate surface area is 375 Å². The first-order valence-electron chi connectivity index (χ1n) is 20.6. The zero-order valence-electron chi connectivity index (χ0n) is 35.1. The summed E-state index contributed by atoms with van der Waals surface area (Å²) in [7, 11) is 0. The van der Waals surface area contributed by atoms with Crippen molar-refractivity contribution in [1.82, 2.24) is 9.97 Å². The van der Waals surface area contributed by atoms with Gasteiger partial charge in [-0.3, -0.25) is 0 Å². The molecule has 0 aliphatic rings. The molecule has 62 heavy (non-hydrogen) atoms. The van der Waals surface area contributed by atoms with Gasteiger partial charge in [-0.15, -0.1) is 71.3 Å². The van der Waals surface area contributed by atoms with E-state index in [0.717, 1.165) is 83.1 Å². The van der Waals surface area contributed by atoms with Crippen LogP contribution in [0, 0.1) is 46.8 Å². The molecule has 0 spiro atoms. The van der Waals surface area contributed by atoms with Crippen molar-refractivity contribution < 1.29 is 28.9 Å². The van der Waals surface area contributed by atoms with E-state index in [1.165, 1.54) is 44.5 Å². The predicted octanol–water partition coefficient (Wildman–Crippen LogP) is 15.4. The molecule has 11 rings (SSSR count). The van der Waals surface area contributed by atoms with Crippen LogP contribution in [0.2, 0.25) is 0 Å². The Morgan fingerprint density at radius 1 is 0.452 bits per heavy atom. The molecule has 303 valence electrons. The number of aryl methyl sites for hydroxylation is 5. The summed E-state index contributed by atoms with van der Waals surface area (Å²) in [6, 6.07) is 59.2. The second-order valence-electron chi connectivity index (χ2n) is 15.9. The summed E-state index contributed by atoms with van der Waals surface area (Å²) in [5, 5.41) is 4.15. The van der Waals surface area contributed by atoms with Gasteiger partial charge in [0, 0.05) is 54.2 Å². The van der Waals surface area contributed by atoms with Gasteiger partial charge in [0.15, 0.2) is 0 Å². The van der Waals surface area contributed by atoms with Crippen molar-refractivity contribution >= 4 is 43.9 Å². The van der Waals surface area contributed by atoms with Crippen LogP contribution < -0.4 is 0 Å². The van der Waals surface area contributed by atoms with E-state index >= 15 is 0 Å². The molecule has 0 aliphatic carbocycles. The van der Waals surface area contributed by atoms with Gasteiger partial charge in [0.05, 0.1) is 5.39 Å². The molecule has 7 aromatic carbocycles. The molecule has 0 fully saturated rings. The van der Waals surface area contributed by atoms with Crippen LogP contribution >= 0.6 is 0 Å². The Morgan fingerprint density at radius 3 is 1.74 bits per heavy atom. The van der Waals surface area contributed by atoms with Gasteiger partial charge in [0.25, 0.3) is 0 Å². The fourth-order valence-electron chi connectivity index (χ4n) is 8.24. The van der Waals surface area contributed by atoms with Gasteiger partial charge in [-0.1, -0.05) is 85.3 Å². The maximum Gasteiger partial charge on any atom is 0.147 e. The number of pyridine rings is 2. The smallest absolute Gasteiger partial charge is 0.147 e. The van der Waals surface area contributed by atoms with Crippen LogP contribution in [0.5, 0.6) is 0 Å². The molecule has 4 aromatic heterocycles. The zero-order valence-corrected chi connectivity index (χ0v) is 37.5. The van der Waals surface area contributed by atoms with Crippen molar-refractivity contribution in [1.29, 1.82) is 0 Å². The molecule has 1 radical (unpaired) electrons. The molecule has 0 saturated carbocycles. The summed E-state index contributed by atoms with van der Waals surface area (Å²) in [4.78, 5) is 9.09. The number of furan rings is 2. The Bertz CT molecular complexity index is 3420. The molecule has 0 atom stereocenters. The molecule has 0 saturated heterocycles. The van der Waals surface area contributed by atoms with Crippen LogP contribution in [0.15, 0.2) is 173 Å². The van der Waals surface area contributed by atoms with E-state index in [9.17, 15) is 0 Å². The average molecular weight is 979 g/mol. The molecule has 5 heteroatoms. The van der Waals surface area contributed by atoms with Crippen LogP contribution in [-0.4, -0.2) is 9.97 Å². The van der Waals surface area contributed by atoms with Gasteiger partial charge in [-0.2, -0.15) is 0 Å². The van der Waals surface area contributed by atoms with Gasteiger partial charge in [-0.05, 0) is 120 Å². The summed E-state index contributed by atoms with van der Waals surface area (Å²) < 4.78 is 13.5. The molecule has 0 aliphatic heterocycles. The minimum absolute atomic E-state index is 0. The third-order valence-corrected chi connectivity index (χ3v) is 11.8. The van der Waals surface area contributed by atoms with Crippen molar-refractivity contribution in [2.75, 3.05) is 0 Å². The van der Waals surface area contributed by atoms with Crippen molar-refractivity contribution in [2.24, 2.45) is 0 Å². The van der Waals surface area contributed by atoms with Gasteiger partial charge in [0.1, 0.15) is 22.3 Å². The van der Waals surface area contributed by atoms with Crippen LogP contribution in [0.25, 0.3) is 99.8 Å².